The highest BCUT2D eigenvalue weighted by atomic mass is 32.2. The van der Waals surface area contributed by atoms with Crippen LogP contribution in [0.25, 0.3) is 0 Å². The molecule has 0 aromatic heterocycles. The van der Waals surface area contributed by atoms with Gasteiger partial charge in [0, 0.05) is 6.54 Å². The molecule has 0 saturated carbocycles. The highest BCUT2D eigenvalue weighted by Crippen LogP contribution is 2.24. The summed E-state index contributed by atoms with van der Waals surface area (Å²) < 4.78 is 0. The van der Waals surface area contributed by atoms with Crippen LogP contribution in [0.3, 0.4) is 0 Å². The number of hydrogen-bond acceptors (Lipinski definition) is 3. The van der Waals surface area contributed by atoms with Gasteiger partial charge in [0.15, 0.2) is 0 Å². The molecule has 4 nitrogen and oxygen atoms in total. The van der Waals surface area contributed by atoms with Crippen LogP contribution in [0.2, 0.25) is 0 Å². The summed E-state index contributed by atoms with van der Waals surface area (Å²) in [7, 11) is 0. The molecule has 2 rings (SSSR count). The number of hydrogen-bond donors (Lipinski definition) is 1. The molecule has 2 saturated heterocycles. The summed E-state index contributed by atoms with van der Waals surface area (Å²) in [4.78, 5) is 25.4. The van der Waals surface area contributed by atoms with Crippen LogP contribution < -0.4 is 5.32 Å². The molecule has 0 aromatic rings. The van der Waals surface area contributed by atoms with Crippen molar-refractivity contribution in [3.8, 4) is 0 Å². The molecule has 96 valence electrons. The lowest BCUT2D eigenvalue weighted by Crippen LogP contribution is -2.58. The maximum atomic E-state index is 12.1. The number of carbonyl (C=O) groups is 2. The van der Waals surface area contributed by atoms with E-state index in [1.54, 1.807) is 4.90 Å². The second-order valence-electron chi connectivity index (χ2n) is 4.80. The van der Waals surface area contributed by atoms with E-state index in [1.165, 1.54) is 24.3 Å². The molecule has 0 spiro atoms. The fraction of sp³-hybridized carbons (Fsp3) is 0.833. The Balaban J connectivity index is 1.93. The van der Waals surface area contributed by atoms with E-state index < -0.39 is 0 Å². The first-order valence-corrected chi connectivity index (χ1v) is 7.52. The summed E-state index contributed by atoms with van der Waals surface area (Å²) in [5.41, 5.74) is 0. The van der Waals surface area contributed by atoms with Crippen LogP contribution in [-0.2, 0) is 9.59 Å². The quantitative estimate of drug-likeness (QED) is 0.815. The molecule has 2 aliphatic rings. The zero-order valence-electron chi connectivity index (χ0n) is 10.3. The Morgan fingerprint density at radius 3 is 2.71 bits per heavy atom. The van der Waals surface area contributed by atoms with E-state index in [2.05, 4.69) is 5.32 Å². The monoisotopic (exact) mass is 256 g/mol. The van der Waals surface area contributed by atoms with E-state index in [4.69, 9.17) is 0 Å². The van der Waals surface area contributed by atoms with Crippen molar-refractivity contribution in [2.24, 2.45) is 5.92 Å². The van der Waals surface area contributed by atoms with Gasteiger partial charge in [-0.05, 0) is 36.7 Å². The summed E-state index contributed by atoms with van der Waals surface area (Å²) in [6.07, 6.45) is 3.03. The lowest BCUT2D eigenvalue weighted by Gasteiger charge is -2.35. The first-order chi connectivity index (χ1) is 8.20. The van der Waals surface area contributed by atoms with Crippen molar-refractivity contribution in [1.29, 1.82) is 0 Å². The van der Waals surface area contributed by atoms with Crippen molar-refractivity contribution in [1.82, 2.24) is 10.2 Å². The summed E-state index contributed by atoms with van der Waals surface area (Å²) in [5.74, 6) is 3.06. The SMILES string of the molecule is CCC1NC(=O)CN(CC2CCSCC2)C1=O. The summed E-state index contributed by atoms with van der Waals surface area (Å²) in [6.45, 7) is 2.95. The molecule has 17 heavy (non-hydrogen) atoms. The predicted molar refractivity (Wildman–Crippen MR) is 68.9 cm³/mol. The van der Waals surface area contributed by atoms with Crippen LogP contribution in [0, 0.1) is 5.92 Å². The average Bonchev–Trinajstić information content (AvgIpc) is 2.34. The standard InChI is InChI=1S/C12H20N2O2S/c1-2-10-12(16)14(8-11(15)13-10)7-9-3-5-17-6-4-9/h9-10H,2-8H2,1H3,(H,13,15). The molecule has 1 N–H and O–H groups in total. The van der Waals surface area contributed by atoms with Gasteiger partial charge < -0.3 is 10.2 Å². The van der Waals surface area contributed by atoms with Crippen molar-refractivity contribution in [2.45, 2.75) is 32.2 Å². The summed E-state index contributed by atoms with van der Waals surface area (Å²) >= 11 is 1.98. The van der Waals surface area contributed by atoms with Crippen LogP contribution in [0.1, 0.15) is 26.2 Å². The Bertz CT molecular complexity index is 303. The number of piperazine rings is 1. The van der Waals surface area contributed by atoms with Gasteiger partial charge in [0.1, 0.15) is 6.04 Å². The van der Waals surface area contributed by atoms with Crippen molar-refractivity contribution in [3.05, 3.63) is 0 Å². The molecule has 2 aliphatic heterocycles. The van der Waals surface area contributed by atoms with Crippen molar-refractivity contribution in [3.63, 3.8) is 0 Å². The van der Waals surface area contributed by atoms with Gasteiger partial charge in [-0.3, -0.25) is 9.59 Å². The average molecular weight is 256 g/mol. The molecule has 2 fully saturated rings. The van der Waals surface area contributed by atoms with Gasteiger partial charge >= 0.3 is 0 Å². The van der Waals surface area contributed by atoms with E-state index in [0.717, 1.165) is 6.54 Å². The molecule has 2 amide bonds. The van der Waals surface area contributed by atoms with Crippen LogP contribution in [0.5, 0.6) is 0 Å². The minimum atomic E-state index is -0.297. The summed E-state index contributed by atoms with van der Waals surface area (Å²) in [6, 6.07) is -0.297. The van der Waals surface area contributed by atoms with Gasteiger partial charge in [0.05, 0.1) is 6.54 Å². The fourth-order valence-electron chi connectivity index (χ4n) is 2.45. The Labute approximate surface area is 106 Å². The lowest BCUT2D eigenvalue weighted by molar-refractivity contribution is -0.145. The fourth-order valence-corrected chi connectivity index (χ4v) is 3.65. The van der Waals surface area contributed by atoms with Gasteiger partial charge in [-0.1, -0.05) is 6.92 Å². The number of amides is 2. The lowest BCUT2D eigenvalue weighted by atomic mass is 10.0. The normalized spacial score (nSPS) is 27.1. The molecule has 0 aliphatic carbocycles. The van der Waals surface area contributed by atoms with Gasteiger partial charge in [0.25, 0.3) is 0 Å². The maximum Gasteiger partial charge on any atom is 0.245 e. The topological polar surface area (TPSA) is 49.4 Å². The largest absolute Gasteiger partial charge is 0.343 e. The Kier molecular flexibility index (Phi) is 4.31. The summed E-state index contributed by atoms with van der Waals surface area (Å²) in [5, 5.41) is 2.75. The maximum absolute atomic E-state index is 12.1. The Morgan fingerprint density at radius 1 is 1.35 bits per heavy atom. The van der Waals surface area contributed by atoms with Crippen molar-refractivity contribution < 1.29 is 9.59 Å². The highest BCUT2D eigenvalue weighted by Gasteiger charge is 2.32. The van der Waals surface area contributed by atoms with E-state index in [9.17, 15) is 9.59 Å². The molecule has 0 radical (unpaired) electrons. The van der Waals surface area contributed by atoms with E-state index >= 15 is 0 Å². The second kappa shape index (κ2) is 5.76. The number of nitrogens with one attached hydrogen (secondary N) is 1. The third-order valence-corrected chi connectivity index (χ3v) is 4.56. The van der Waals surface area contributed by atoms with Crippen LogP contribution >= 0.6 is 11.8 Å². The van der Waals surface area contributed by atoms with Crippen LogP contribution in [0.4, 0.5) is 0 Å². The zero-order chi connectivity index (χ0) is 12.3. The Hall–Kier alpha value is -0.710. The first-order valence-electron chi connectivity index (χ1n) is 6.36. The molecule has 2 heterocycles. The van der Waals surface area contributed by atoms with Gasteiger partial charge in [-0.15, -0.1) is 0 Å². The molecular formula is C12H20N2O2S. The molecule has 0 bridgehead atoms. The zero-order valence-corrected chi connectivity index (χ0v) is 11.1. The van der Waals surface area contributed by atoms with E-state index in [-0.39, 0.29) is 24.4 Å². The third kappa shape index (κ3) is 3.15. The minimum Gasteiger partial charge on any atom is -0.343 e. The van der Waals surface area contributed by atoms with Crippen molar-refractivity contribution >= 4 is 23.6 Å². The van der Waals surface area contributed by atoms with Gasteiger partial charge in [-0.25, -0.2) is 0 Å². The molecule has 5 heteroatoms. The molecular weight excluding hydrogens is 236 g/mol. The smallest absolute Gasteiger partial charge is 0.245 e. The Morgan fingerprint density at radius 2 is 2.06 bits per heavy atom. The molecule has 0 aromatic carbocycles. The number of rotatable bonds is 3. The highest BCUT2D eigenvalue weighted by molar-refractivity contribution is 7.99. The molecule has 1 atom stereocenters. The minimum absolute atomic E-state index is 0.0124. The van der Waals surface area contributed by atoms with Crippen LogP contribution in [-0.4, -0.2) is 47.4 Å². The van der Waals surface area contributed by atoms with Crippen LogP contribution in [0.15, 0.2) is 0 Å². The number of carbonyl (C=O) groups excluding carboxylic acids is 2. The van der Waals surface area contributed by atoms with Crippen molar-refractivity contribution in [2.75, 3.05) is 24.6 Å². The molecule has 1 unspecified atom stereocenters. The van der Waals surface area contributed by atoms with E-state index in [1.807, 2.05) is 18.7 Å². The van der Waals surface area contributed by atoms with E-state index in [0.29, 0.717) is 12.3 Å². The first kappa shape index (κ1) is 12.7. The van der Waals surface area contributed by atoms with Gasteiger partial charge in [0.2, 0.25) is 11.8 Å². The number of nitrogens with zero attached hydrogens (tertiary/aromatic N) is 1. The van der Waals surface area contributed by atoms with Gasteiger partial charge in [-0.2, -0.15) is 11.8 Å². The third-order valence-electron chi connectivity index (χ3n) is 3.51. The predicted octanol–water partition coefficient (Wildman–Crippen LogP) is 0.867. The number of thioether (sulfide) groups is 1. The second-order valence-corrected chi connectivity index (χ2v) is 6.03.